The molecule has 31 heavy (non-hydrogen) atoms. The second-order valence-corrected chi connectivity index (χ2v) is 8.98. The number of likely N-dealkylation sites (tertiary alicyclic amines) is 1. The number of nitrogens with zero attached hydrogens (tertiary/aromatic N) is 4. The Morgan fingerprint density at radius 1 is 1.06 bits per heavy atom. The van der Waals surface area contributed by atoms with Crippen LogP contribution in [0, 0.1) is 12.8 Å². The molecule has 0 saturated carbocycles. The number of rotatable bonds is 7. The van der Waals surface area contributed by atoms with Gasteiger partial charge in [-0.25, -0.2) is 0 Å². The van der Waals surface area contributed by atoms with Gasteiger partial charge in [0.25, 0.3) is 0 Å². The molecule has 3 heterocycles. The zero-order valence-corrected chi connectivity index (χ0v) is 18.7. The van der Waals surface area contributed by atoms with Gasteiger partial charge in [-0.05, 0) is 76.9 Å². The first-order chi connectivity index (χ1) is 15.2. The SMILES string of the molecule is Cc1cccc(-c2ccc(N3CCC[C@@H](C(=O)NCCCN4CCCCC4)C3)nn2)c1. The van der Waals surface area contributed by atoms with Crippen LogP contribution in [0.15, 0.2) is 36.4 Å². The van der Waals surface area contributed by atoms with Crippen molar-refractivity contribution in [2.24, 2.45) is 5.92 Å². The molecule has 6 heteroatoms. The Kier molecular flexibility index (Phi) is 7.52. The van der Waals surface area contributed by atoms with Crippen molar-refractivity contribution in [3.05, 3.63) is 42.0 Å². The first-order valence-corrected chi connectivity index (χ1v) is 11.8. The Balaban J connectivity index is 1.26. The molecule has 0 spiro atoms. The summed E-state index contributed by atoms with van der Waals surface area (Å²) in [5.41, 5.74) is 3.18. The van der Waals surface area contributed by atoms with E-state index in [1.54, 1.807) is 0 Å². The summed E-state index contributed by atoms with van der Waals surface area (Å²) in [5.74, 6) is 1.08. The lowest BCUT2D eigenvalue weighted by Crippen LogP contribution is -2.44. The van der Waals surface area contributed by atoms with Crippen LogP contribution >= 0.6 is 0 Å². The van der Waals surface area contributed by atoms with E-state index in [0.717, 1.165) is 62.5 Å². The molecule has 1 aromatic heterocycles. The van der Waals surface area contributed by atoms with Crippen molar-refractivity contribution in [3.8, 4) is 11.3 Å². The van der Waals surface area contributed by atoms with E-state index < -0.39 is 0 Å². The number of anilines is 1. The van der Waals surface area contributed by atoms with Crippen molar-refractivity contribution < 1.29 is 4.79 Å². The highest BCUT2D eigenvalue weighted by molar-refractivity contribution is 5.79. The number of benzene rings is 1. The number of piperidine rings is 2. The fourth-order valence-electron chi connectivity index (χ4n) is 4.69. The maximum Gasteiger partial charge on any atom is 0.224 e. The molecule has 0 aliphatic carbocycles. The van der Waals surface area contributed by atoms with Gasteiger partial charge >= 0.3 is 0 Å². The van der Waals surface area contributed by atoms with Crippen LogP contribution < -0.4 is 10.2 Å². The minimum atomic E-state index is 0.0296. The highest BCUT2D eigenvalue weighted by atomic mass is 16.1. The second-order valence-electron chi connectivity index (χ2n) is 8.98. The minimum Gasteiger partial charge on any atom is -0.356 e. The Morgan fingerprint density at radius 3 is 2.71 bits per heavy atom. The Bertz CT molecular complexity index is 847. The monoisotopic (exact) mass is 421 g/mol. The largest absolute Gasteiger partial charge is 0.356 e. The van der Waals surface area contributed by atoms with Crippen molar-refractivity contribution >= 4 is 11.7 Å². The van der Waals surface area contributed by atoms with Gasteiger partial charge < -0.3 is 15.1 Å². The average molecular weight is 422 g/mol. The van der Waals surface area contributed by atoms with Crippen LogP contribution in [0.4, 0.5) is 5.82 Å². The molecule has 0 unspecified atom stereocenters. The lowest BCUT2D eigenvalue weighted by molar-refractivity contribution is -0.125. The van der Waals surface area contributed by atoms with E-state index in [1.807, 2.05) is 18.2 Å². The van der Waals surface area contributed by atoms with Gasteiger partial charge in [-0.2, -0.15) is 0 Å². The number of carbonyl (C=O) groups is 1. The molecular formula is C25H35N5O. The van der Waals surface area contributed by atoms with Crippen LogP contribution in [0.2, 0.25) is 0 Å². The number of nitrogens with one attached hydrogen (secondary N) is 1. The van der Waals surface area contributed by atoms with Gasteiger partial charge in [0.2, 0.25) is 5.91 Å². The zero-order chi connectivity index (χ0) is 21.5. The third-order valence-electron chi connectivity index (χ3n) is 6.48. The summed E-state index contributed by atoms with van der Waals surface area (Å²) in [6, 6.07) is 12.4. The normalized spacial score (nSPS) is 19.9. The van der Waals surface area contributed by atoms with Gasteiger partial charge in [0, 0.05) is 25.2 Å². The molecule has 1 amide bonds. The van der Waals surface area contributed by atoms with E-state index in [4.69, 9.17) is 0 Å². The topological polar surface area (TPSA) is 61.4 Å². The number of carbonyl (C=O) groups excluding carboxylic acids is 1. The molecule has 0 radical (unpaired) electrons. The molecule has 2 aliphatic heterocycles. The second kappa shape index (κ2) is 10.7. The van der Waals surface area contributed by atoms with Gasteiger partial charge in [-0.15, -0.1) is 10.2 Å². The van der Waals surface area contributed by atoms with E-state index in [1.165, 1.54) is 37.9 Å². The smallest absolute Gasteiger partial charge is 0.224 e. The lowest BCUT2D eigenvalue weighted by Gasteiger charge is -2.32. The lowest BCUT2D eigenvalue weighted by atomic mass is 9.97. The fourth-order valence-corrected chi connectivity index (χ4v) is 4.69. The van der Waals surface area contributed by atoms with E-state index in [9.17, 15) is 4.79 Å². The molecule has 1 atom stereocenters. The molecule has 2 fully saturated rings. The van der Waals surface area contributed by atoms with E-state index in [-0.39, 0.29) is 11.8 Å². The zero-order valence-electron chi connectivity index (χ0n) is 18.7. The van der Waals surface area contributed by atoms with Crippen LogP contribution in [-0.4, -0.2) is 60.3 Å². The average Bonchev–Trinajstić information content (AvgIpc) is 2.82. The van der Waals surface area contributed by atoms with Gasteiger partial charge in [-0.1, -0.05) is 30.2 Å². The summed E-state index contributed by atoms with van der Waals surface area (Å²) < 4.78 is 0. The Morgan fingerprint density at radius 2 is 1.94 bits per heavy atom. The summed E-state index contributed by atoms with van der Waals surface area (Å²) in [4.78, 5) is 17.4. The third kappa shape index (κ3) is 6.03. The number of hydrogen-bond donors (Lipinski definition) is 1. The molecule has 1 aromatic carbocycles. The first-order valence-electron chi connectivity index (χ1n) is 11.8. The molecule has 4 rings (SSSR count). The molecular weight excluding hydrogens is 386 g/mol. The number of hydrogen-bond acceptors (Lipinski definition) is 5. The number of amides is 1. The Hall–Kier alpha value is -2.47. The van der Waals surface area contributed by atoms with Gasteiger partial charge in [0.15, 0.2) is 5.82 Å². The predicted octanol–water partition coefficient (Wildman–Crippen LogP) is 3.66. The van der Waals surface area contributed by atoms with Crippen molar-refractivity contribution in [1.29, 1.82) is 0 Å². The molecule has 2 aliphatic rings. The molecule has 166 valence electrons. The summed E-state index contributed by atoms with van der Waals surface area (Å²) in [6.07, 6.45) is 6.99. The molecule has 1 N–H and O–H groups in total. The van der Waals surface area contributed by atoms with Crippen LogP contribution in [-0.2, 0) is 4.79 Å². The van der Waals surface area contributed by atoms with Crippen molar-refractivity contribution in [2.75, 3.05) is 44.2 Å². The fraction of sp³-hybridized carbons (Fsp3) is 0.560. The standard InChI is InChI=1S/C25H35N5O/c1-20-8-5-9-21(18-20)23-11-12-24(28-27-23)30-17-6-10-22(19-30)25(31)26-13-7-16-29-14-3-2-4-15-29/h5,8-9,11-12,18,22H,2-4,6-7,10,13-17,19H2,1H3,(H,26,31)/t22-/m1/s1. The highest BCUT2D eigenvalue weighted by Gasteiger charge is 2.26. The molecule has 6 nitrogen and oxygen atoms in total. The van der Waals surface area contributed by atoms with Gasteiger partial charge in [0.1, 0.15) is 0 Å². The Labute approximate surface area is 186 Å². The highest BCUT2D eigenvalue weighted by Crippen LogP contribution is 2.24. The summed E-state index contributed by atoms with van der Waals surface area (Å²) in [6.45, 7) is 8.03. The summed E-state index contributed by atoms with van der Waals surface area (Å²) in [7, 11) is 0. The molecule has 2 saturated heterocycles. The van der Waals surface area contributed by atoms with Crippen molar-refractivity contribution in [1.82, 2.24) is 20.4 Å². The van der Waals surface area contributed by atoms with Gasteiger partial charge in [-0.3, -0.25) is 4.79 Å². The predicted molar refractivity (Wildman–Crippen MR) is 125 cm³/mol. The van der Waals surface area contributed by atoms with Crippen molar-refractivity contribution in [3.63, 3.8) is 0 Å². The van der Waals surface area contributed by atoms with Crippen molar-refractivity contribution in [2.45, 2.75) is 45.4 Å². The van der Waals surface area contributed by atoms with E-state index in [2.05, 4.69) is 50.4 Å². The quantitative estimate of drug-likeness (QED) is 0.692. The molecule has 2 aromatic rings. The number of aromatic nitrogens is 2. The third-order valence-corrected chi connectivity index (χ3v) is 6.48. The van der Waals surface area contributed by atoms with Crippen LogP contribution in [0.3, 0.4) is 0 Å². The van der Waals surface area contributed by atoms with Gasteiger partial charge in [0.05, 0.1) is 11.6 Å². The summed E-state index contributed by atoms with van der Waals surface area (Å²) >= 11 is 0. The summed E-state index contributed by atoms with van der Waals surface area (Å²) in [5, 5.41) is 12.1. The first kappa shape index (κ1) is 21.8. The maximum absolute atomic E-state index is 12.7. The van der Waals surface area contributed by atoms with Crippen LogP contribution in [0.5, 0.6) is 0 Å². The maximum atomic E-state index is 12.7. The number of aryl methyl sites for hydroxylation is 1. The van der Waals surface area contributed by atoms with Crippen LogP contribution in [0.25, 0.3) is 11.3 Å². The molecule has 0 bridgehead atoms. The van der Waals surface area contributed by atoms with E-state index in [0.29, 0.717) is 0 Å². The minimum absolute atomic E-state index is 0.0296. The van der Waals surface area contributed by atoms with E-state index >= 15 is 0 Å². The van der Waals surface area contributed by atoms with Crippen LogP contribution in [0.1, 0.15) is 44.1 Å².